The zero-order chi connectivity index (χ0) is 13.7. The van der Waals surface area contributed by atoms with E-state index in [0.29, 0.717) is 30.4 Å². The first-order valence-corrected chi connectivity index (χ1v) is 6.75. The summed E-state index contributed by atoms with van der Waals surface area (Å²) in [7, 11) is 0. The zero-order valence-corrected chi connectivity index (χ0v) is 10.8. The minimum Gasteiger partial charge on any atom is -0.453 e. The van der Waals surface area contributed by atoms with Crippen molar-refractivity contribution in [3.8, 4) is 11.3 Å². The standard InChI is InChI=1S/C16H13NO3/c18-9-13-4-6-15(20-13)10-1-5-14-11(7-10)8-17(16(14)19)12-2-3-12/h1,4-7,9,12H,2-3,8H2. The van der Waals surface area contributed by atoms with Crippen LogP contribution in [-0.4, -0.2) is 23.1 Å². The molecule has 20 heavy (non-hydrogen) atoms. The van der Waals surface area contributed by atoms with Gasteiger partial charge in [-0.05, 0) is 42.7 Å². The van der Waals surface area contributed by atoms with Crippen molar-refractivity contribution >= 4 is 12.2 Å². The van der Waals surface area contributed by atoms with Gasteiger partial charge in [0.05, 0.1) is 0 Å². The monoisotopic (exact) mass is 267 g/mol. The van der Waals surface area contributed by atoms with Crippen molar-refractivity contribution in [2.24, 2.45) is 0 Å². The maximum Gasteiger partial charge on any atom is 0.254 e. The number of aldehydes is 1. The summed E-state index contributed by atoms with van der Waals surface area (Å²) in [6, 6.07) is 9.59. The minimum absolute atomic E-state index is 0.141. The molecule has 1 fully saturated rings. The zero-order valence-electron chi connectivity index (χ0n) is 10.8. The van der Waals surface area contributed by atoms with Crippen LogP contribution < -0.4 is 0 Å². The van der Waals surface area contributed by atoms with E-state index < -0.39 is 0 Å². The molecule has 0 radical (unpaired) electrons. The number of carbonyl (C=O) groups is 2. The van der Waals surface area contributed by atoms with Gasteiger partial charge in [-0.1, -0.05) is 6.07 Å². The molecule has 1 aromatic carbocycles. The van der Waals surface area contributed by atoms with E-state index in [1.165, 1.54) is 0 Å². The van der Waals surface area contributed by atoms with Crippen LogP contribution in [0.2, 0.25) is 0 Å². The summed E-state index contributed by atoms with van der Waals surface area (Å²) in [5.74, 6) is 1.12. The lowest BCUT2D eigenvalue weighted by Gasteiger charge is -2.13. The van der Waals surface area contributed by atoms with Crippen LogP contribution >= 0.6 is 0 Å². The molecule has 4 heteroatoms. The van der Waals surface area contributed by atoms with E-state index in [2.05, 4.69) is 0 Å². The highest BCUT2D eigenvalue weighted by Crippen LogP contribution is 2.36. The molecule has 0 spiro atoms. The molecule has 0 atom stereocenters. The first-order valence-electron chi connectivity index (χ1n) is 6.75. The number of carbonyl (C=O) groups excluding carboxylic acids is 2. The summed E-state index contributed by atoms with van der Waals surface area (Å²) in [4.78, 5) is 24.8. The molecule has 1 aliphatic carbocycles. The summed E-state index contributed by atoms with van der Waals surface area (Å²) < 4.78 is 5.43. The Labute approximate surface area is 116 Å². The van der Waals surface area contributed by atoms with Crippen molar-refractivity contribution in [2.45, 2.75) is 25.4 Å². The topological polar surface area (TPSA) is 50.5 Å². The molecule has 0 saturated heterocycles. The third-order valence-corrected chi connectivity index (χ3v) is 3.95. The largest absolute Gasteiger partial charge is 0.453 e. The van der Waals surface area contributed by atoms with E-state index >= 15 is 0 Å². The predicted molar refractivity (Wildman–Crippen MR) is 72.4 cm³/mol. The smallest absolute Gasteiger partial charge is 0.254 e. The highest BCUT2D eigenvalue weighted by molar-refractivity contribution is 5.99. The van der Waals surface area contributed by atoms with Gasteiger partial charge in [-0.15, -0.1) is 0 Å². The van der Waals surface area contributed by atoms with Crippen LogP contribution in [0.1, 0.15) is 39.3 Å². The van der Waals surface area contributed by atoms with E-state index in [1.54, 1.807) is 12.1 Å². The maximum absolute atomic E-state index is 12.2. The number of amides is 1. The Kier molecular flexibility index (Phi) is 2.33. The number of rotatable bonds is 3. The van der Waals surface area contributed by atoms with Gasteiger partial charge in [-0.25, -0.2) is 0 Å². The molecule has 0 N–H and O–H groups in total. The van der Waals surface area contributed by atoms with Gasteiger partial charge < -0.3 is 9.32 Å². The van der Waals surface area contributed by atoms with Crippen molar-refractivity contribution in [1.29, 1.82) is 0 Å². The Morgan fingerprint density at radius 1 is 1.20 bits per heavy atom. The van der Waals surface area contributed by atoms with E-state index in [1.807, 2.05) is 23.1 Å². The van der Waals surface area contributed by atoms with E-state index in [-0.39, 0.29) is 5.91 Å². The van der Waals surface area contributed by atoms with Gasteiger partial charge in [0.25, 0.3) is 5.91 Å². The molecule has 0 bridgehead atoms. The lowest BCUT2D eigenvalue weighted by molar-refractivity contribution is 0.0766. The summed E-state index contributed by atoms with van der Waals surface area (Å²) in [5, 5.41) is 0. The Hall–Kier alpha value is -2.36. The van der Waals surface area contributed by atoms with Crippen molar-refractivity contribution in [3.63, 3.8) is 0 Å². The Balaban J connectivity index is 1.70. The van der Waals surface area contributed by atoms with Crippen LogP contribution in [0.15, 0.2) is 34.7 Å². The Morgan fingerprint density at radius 3 is 2.75 bits per heavy atom. The SMILES string of the molecule is O=Cc1ccc(-c2ccc3c(c2)CN(C2CC2)C3=O)o1. The van der Waals surface area contributed by atoms with Crippen molar-refractivity contribution in [1.82, 2.24) is 4.90 Å². The molecule has 2 heterocycles. The van der Waals surface area contributed by atoms with Gasteiger partial charge in [-0.2, -0.15) is 0 Å². The van der Waals surface area contributed by atoms with Crippen LogP contribution in [0.5, 0.6) is 0 Å². The number of hydrogen-bond acceptors (Lipinski definition) is 3. The summed E-state index contributed by atoms with van der Waals surface area (Å²) in [6.45, 7) is 0.688. The highest BCUT2D eigenvalue weighted by Gasteiger charge is 2.38. The second-order valence-electron chi connectivity index (χ2n) is 5.36. The predicted octanol–water partition coefficient (Wildman–Crippen LogP) is 2.88. The Morgan fingerprint density at radius 2 is 2.05 bits per heavy atom. The molecule has 4 rings (SSSR count). The number of hydrogen-bond donors (Lipinski definition) is 0. The van der Waals surface area contributed by atoms with Crippen molar-refractivity contribution in [3.05, 3.63) is 47.2 Å². The Bertz CT molecular complexity index is 712. The van der Waals surface area contributed by atoms with Crippen LogP contribution in [0, 0.1) is 0 Å². The van der Waals surface area contributed by atoms with Gasteiger partial charge in [0, 0.05) is 23.7 Å². The van der Waals surface area contributed by atoms with Crippen LogP contribution in [0.25, 0.3) is 11.3 Å². The number of furan rings is 1. The molecule has 0 unspecified atom stereocenters. The molecule has 1 aromatic heterocycles. The van der Waals surface area contributed by atoms with Crippen LogP contribution in [0.4, 0.5) is 0 Å². The first kappa shape index (κ1) is 11.5. The van der Waals surface area contributed by atoms with Crippen LogP contribution in [-0.2, 0) is 6.54 Å². The van der Waals surface area contributed by atoms with E-state index in [0.717, 1.165) is 29.5 Å². The molecule has 1 amide bonds. The number of nitrogens with zero attached hydrogens (tertiary/aromatic N) is 1. The van der Waals surface area contributed by atoms with Gasteiger partial charge in [0.1, 0.15) is 5.76 Å². The van der Waals surface area contributed by atoms with E-state index in [4.69, 9.17) is 4.42 Å². The van der Waals surface area contributed by atoms with Gasteiger partial charge in [0.2, 0.25) is 0 Å². The second-order valence-corrected chi connectivity index (χ2v) is 5.36. The lowest BCUT2D eigenvalue weighted by atomic mass is 10.0. The highest BCUT2D eigenvalue weighted by atomic mass is 16.3. The third-order valence-electron chi connectivity index (χ3n) is 3.95. The summed E-state index contributed by atoms with van der Waals surface area (Å²) >= 11 is 0. The normalized spacial score (nSPS) is 17.4. The molecule has 2 aromatic rings. The fourth-order valence-corrected chi connectivity index (χ4v) is 2.75. The van der Waals surface area contributed by atoms with Gasteiger partial charge in [-0.3, -0.25) is 9.59 Å². The molecular formula is C16H13NO3. The average molecular weight is 267 g/mol. The molecule has 1 aliphatic heterocycles. The molecule has 2 aliphatic rings. The number of fused-ring (bicyclic) bond motifs is 1. The van der Waals surface area contributed by atoms with Crippen molar-refractivity contribution in [2.75, 3.05) is 0 Å². The fraction of sp³-hybridized carbons (Fsp3) is 0.250. The average Bonchev–Trinajstić information content (AvgIpc) is 3.10. The summed E-state index contributed by atoms with van der Waals surface area (Å²) in [6.07, 6.45) is 2.93. The minimum atomic E-state index is 0.141. The van der Waals surface area contributed by atoms with Gasteiger partial charge in [0.15, 0.2) is 12.0 Å². The van der Waals surface area contributed by atoms with E-state index in [9.17, 15) is 9.59 Å². The maximum atomic E-state index is 12.2. The van der Waals surface area contributed by atoms with Crippen molar-refractivity contribution < 1.29 is 14.0 Å². The molecule has 1 saturated carbocycles. The third kappa shape index (κ3) is 1.68. The second kappa shape index (κ2) is 4.07. The molecule has 100 valence electrons. The number of benzene rings is 1. The first-order chi connectivity index (χ1) is 9.76. The lowest BCUT2D eigenvalue weighted by Crippen LogP contribution is -2.25. The molecule has 4 nitrogen and oxygen atoms in total. The van der Waals surface area contributed by atoms with Gasteiger partial charge >= 0.3 is 0 Å². The quantitative estimate of drug-likeness (QED) is 0.803. The van der Waals surface area contributed by atoms with Crippen LogP contribution in [0.3, 0.4) is 0 Å². The summed E-state index contributed by atoms with van der Waals surface area (Å²) in [5.41, 5.74) is 2.74. The fourth-order valence-electron chi connectivity index (χ4n) is 2.75. The molecular weight excluding hydrogens is 254 g/mol.